The molecule has 14 heteroatoms. The number of aliphatic hydroxyl groups is 1. The molecule has 1 aliphatic heterocycles. The van der Waals surface area contributed by atoms with E-state index in [0.29, 0.717) is 11.1 Å². The molecular formula is C30H34N5O7PS. The van der Waals surface area contributed by atoms with E-state index in [9.17, 15) is 19.3 Å². The van der Waals surface area contributed by atoms with Crippen LogP contribution < -0.4 is 21.0 Å². The van der Waals surface area contributed by atoms with E-state index in [2.05, 4.69) is 15.1 Å². The highest BCUT2D eigenvalue weighted by Gasteiger charge is 2.41. The fraction of sp³-hybridized carbons (Fsp3) is 0.333. The molecule has 0 aliphatic carbocycles. The number of esters is 1. The van der Waals surface area contributed by atoms with Gasteiger partial charge in [0, 0.05) is 11.8 Å². The molecule has 0 spiro atoms. The SMILES string of the molecule is CC(C)[C@H](NP(=O)(OC[C@H]1S[C@@H](n2cnc(N)nc2=O)C[C@H]1O)Oc1cccc2ccccc12)C(=O)OCc1ccccc1. The van der Waals surface area contributed by atoms with Crippen molar-refractivity contribution in [3.05, 3.63) is 95.2 Å². The minimum absolute atomic E-state index is 0.0421. The summed E-state index contributed by atoms with van der Waals surface area (Å²) in [7, 11) is -4.28. The molecule has 3 aromatic carbocycles. The Morgan fingerprint density at radius 2 is 1.86 bits per heavy atom. The van der Waals surface area contributed by atoms with Gasteiger partial charge < -0.3 is 20.1 Å². The van der Waals surface area contributed by atoms with E-state index in [1.54, 1.807) is 26.0 Å². The number of benzene rings is 3. The number of rotatable bonds is 12. The first-order chi connectivity index (χ1) is 21.1. The van der Waals surface area contributed by atoms with Crippen LogP contribution in [0.1, 0.15) is 31.2 Å². The third-order valence-corrected chi connectivity index (χ3v) is 10.1. The second kappa shape index (κ2) is 13.9. The van der Waals surface area contributed by atoms with Crippen molar-refractivity contribution >= 4 is 42.2 Å². The van der Waals surface area contributed by atoms with Gasteiger partial charge in [-0.15, -0.1) is 11.8 Å². The molecule has 0 radical (unpaired) electrons. The third-order valence-electron chi connectivity index (χ3n) is 7.08. The number of anilines is 1. The average Bonchev–Trinajstić information content (AvgIpc) is 3.38. The number of hydrogen-bond acceptors (Lipinski definition) is 11. The molecule has 12 nitrogen and oxygen atoms in total. The van der Waals surface area contributed by atoms with Crippen LogP contribution in [-0.4, -0.2) is 49.6 Å². The van der Waals surface area contributed by atoms with Crippen molar-refractivity contribution in [1.82, 2.24) is 19.6 Å². The molecule has 1 saturated heterocycles. The first kappa shape index (κ1) is 31.7. The van der Waals surface area contributed by atoms with Crippen molar-refractivity contribution in [1.29, 1.82) is 0 Å². The molecule has 1 aliphatic rings. The third kappa shape index (κ3) is 7.66. The van der Waals surface area contributed by atoms with Crippen molar-refractivity contribution in [2.45, 2.75) is 49.6 Å². The summed E-state index contributed by atoms with van der Waals surface area (Å²) >= 11 is 1.25. The van der Waals surface area contributed by atoms with Crippen molar-refractivity contribution in [3.63, 3.8) is 0 Å². The first-order valence-electron chi connectivity index (χ1n) is 14.1. The fourth-order valence-electron chi connectivity index (χ4n) is 4.72. The number of hydrogen-bond donors (Lipinski definition) is 3. The monoisotopic (exact) mass is 639 g/mol. The fourth-order valence-corrected chi connectivity index (χ4v) is 7.94. The molecular weight excluding hydrogens is 605 g/mol. The summed E-state index contributed by atoms with van der Waals surface area (Å²) < 4.78 is 33.4. The summed E-state index contributed by atoms with van der Waals surface area (Å²) in [6, 6.07) is 21.0. The van der Waals surface area contributed by atoms with Gasteiger partial charge in [-0.25, -0.2) is 14.3 Å². The highest BCUT2D eigenvalue weighted by Crippen LogP contribution is 2.49. The highest BCUT2D eigenvalue weighted by molar-refractivity contribution is 8.00. The molecule has 1 fully saturated rings. The van der Waals surface area contributed by atoms with Crippen LogP contribution >= 0.6 is 19.5 Å². The van der Waals surface area contributed by atoms with E-state index in [0.717, 1.165) is 10.9 Å². The minimum Gasteiger partial charge on any atom is -0.460 e. The van der Waals surface area contributed by atoms with Crippen LogP contribution in [0.15, 0.2) is 83.9 Å². The van der Waals surface area contributed by atoms with Crippen LogP contribution in [-0.2, 0) is 25.2 Å². The van der Waals surface area contributed by atoms with Gasteiger partial charge in [-0.05, 0) is 22.9 Å². The smallest absolute Gasteiger partial charge is 0.459 e. The Kier molecular flexibility index (Phi) is 10.0. The predicted octanol–water partition coefficient (Wildman–Crippen LogP) is 4.30. The van der Waals surface area contributed by atoms with Gasteiger partial charge in [-0.2, -0.15) is 10.1 Å². The van der Waals surface area contributed by atoms with Crippen LogP contribution in [0, 0.1) is 5.92 Å². The summed E-state index contributed by atoms with van der Waals surface area (Å²) in [6.45, 7) is 3.40. The number of nitrogen functional groups attached to an aromatic ring is 1. The van der Waals surface area contributed by atoms with Crippen LogP contribution in [0.2, 0.25) is 0 Å². The van der Waals surface area contributed by atoms with E-state index in [-0.39, 0.29) is 31.5 Å². The zero-order valence-electron chi connectivity index (χ0n) is 24.2. The van der Waals surface area contributed by atoms with Gasteiger partial charge in [0.05, 0.1) is 23.3 Å². The normalized spacial score (nSPS) is 20.3. The maximum absolute atomic E-state index is 14.5. The number of carbonyl (C=O) groups is 1. The lowest BCUT2D eigenvalue weighted by Crippen LogP contribution is -2.42. The molecule has 5 rings (SSSR count). The number of aromatic nitrogens is 3. The van der Waals surface area contributed by atoms with Gasteiger partial charge in [0.1, 0.15) is 24.7 Å². The maximum Gasteiger partial charge on any atom is 0.459 e. The Bertz CT molecular complexity index is 1700. The Balaban J connectivity index is 1.37. The number of aliphatic hydroxyl groups excluding tert-OH is 1. The van der Waals surface area contributed by atoms with Crippen molar-refractivity contribution in [2.24, 2.45) is 5.92 Å². The lowest BCUT2D eigenvalue weighted by atomic mass is 10.1. The number of nitrogens with one attached hydrogen (secondary N) is 1. The van der Waals surface area contributed by atoms with E-state index < -0.39 is 42.2 Å². The molecule has 5 atom stereocenters. The molecule has 4 N–H and O–H groups in total. The van der Waals surface area contributed by atoms with Crippen molar-refractivity contribution < 1.29 is 28.3 Å². The largest absolute Gasteiger partial charge is 0.460 e. The lowest BCUT2D eigenvalue weighted by molar-refractivity contribution is -0.148. The zero-order chi connectivity index (χ0) is 31.3. The van der Waals surface area contributed by atoms with E-state index >= 15 is 0 Å². The van der Waals surface area contributed by atoms with Crippen LogP contribution in [0.5, 0.6) is 5.75 Å². The summed E-state index contributed by atoms with van der Waals surface area (Å²) in [4.78, 5) is 33.1. The van der Waals surface area contributed by atoms with Gasteiger partial charge in [-0.3, -0.25) is 13.9 Å². The quantitative estimate of drug-likeness (QED) is 0.149. The summed E-state index contributed by atoms with van der Waals surface area (Å²) in [5, 5.41) is 14.1. The Hall–Kier alpha value is -3.74. The molecule has 1 unspecified atom stereocenters. The molecule has 232 valence electrons. The lowest BCUT2D eigenvalue weighted by Gasteiger charge is -2.28. The molecule has 44 heavy (non-hydrogen) atoms. The summed E-state index contributed by atoms with van der Waals surface area (Å²) in [5.74, 6) is -0.816. The average molecular weight is 640 g/mol. The van der Waals surface area contributed by atoms with Gasteiger partial charge in [0.2, 0.25) is 5.95 Å². The second-order valence-electron chi connectivity index (χ2n) is 10.6. The standard InChI is InChI=1S/C30H34N5O7PS/c1-19(2)27(28(37)40-16-20-9-4-3-5-10-20)34-43(39,42-24-14-8-12-21-11-6-7-13-22(21)24)41-17-25-23(36)15-26(44-25)35-18-32-29(31)33-30(35)38/h3-14,18-19,23,25-27,36H,15-17H2,1-2H3,(H,34,39)(H2,31,33,38)/t23-,25-,26-,27+,43?/m1/s1. The molecule has 0 bridgehead atoms. The van der Waals surface area contributed by atoms with E-state index in [4.69, 9.17) is 19.5 Å². The predicted molar refractivity (Wildman–Crippen MR) is 168 cm³/mol. The molecule has 0 amide bonds. The van der Waals surface area contributed by atoms with E-state index in [1.807, 2.05) is 60.7 Å². The number of fused-ring (bicyclic) bond motifs is 1. The van der Waals surface area contributed by atoms with Gasteiger partial charge >= 0.3 is 19.4 Å². The number of ether oxygens (including phenoxy) is 1. The summed E-state index contributed by atoms with van der Waals surface area (Å²) in [6.07, 6.45) is 0.578. The summed E-state index contributed by atoms with van der Waals surface area (Å²) in [5.41, 5.74) is 5.72. The van der Waals surface area contributed by atoms with Gasteiger partial charge in [0.15, 0.2) is 0 Å². The molecule has 1 aromatic heterocycles. The van der Waals surface area contributed by atoms with Crippen molar-refractivity contribution in [2.75, 3.05) is 12.3 Å². The molecule has 4 aromatic rings. The Morgan fingerprint density at radius 1 is 1.14 bits per heavy atom. The first-order valence-corrected chi connectivity index (χ1v) is 16.5. The minimum atomic E-state index is -4.28. The second-order valence-corrected chi connectivity index (χ2v) is 13.8. The van der Waals surface area contributed by atoms with Crippen LogP contribution in [0.3, 0.4) is 0 Å². The molecule has 2 heterocycles. The number of nitrogens with two attached hydrogens (primary N) is 1. The topological polar surface area (TPSA) is 168 Å². The highest BCUT2D eigenvalue weighted by atomic mass is 32.2. The molecule has 0 saturated carbocycles. The van der Waals surface area contributed by atoms with Crippen LogP contribution in [0.25, 0.3) is 10.8 Å². The maximum atomic E-state index is 14.5. The number of carbonyl (C=O) groups excluding carboxylic acids is 1. The van der Waals surface area contributed by atoms with E-state index in [1.165, 1.54) is 22.7 Å². The number of nitrogens with zero attached hydrogens (tertiary/aromatic N) is 3. The van der Waals surface area contributed by atoms with Crippen LogP contribution in [0.4, 0.5) is 5.95 Å². The zero-order valence-corrected chi connectivity index (χ0v) is 25.9. The Morgan fingerprint density at radius 3 is 2.61 bits per heavy atom. The Labute approximate surface area is 258 Å². The van der Waals surface area contributed by atoms with Crippen molar-refractivity contribution in [3.8, 4) is 5.75 Å². The van der Waals surface area contributed by atoms with Gasteiger partial charge in [-0.1, -0.05) is 80.6 Å². The number of thioether (sulfide) groups is 1. The van der Waals surface area contributed by atoms with Gasteiger partial charge in [0.25, 0.3) is 0 Å².